The van der Waals surface area contributed by atoms with Gasteiger partial charge in [-0.25, -0.2) is 4.98 Å². The average molecular weight is 507 g/mol. The first-order valence-corrected chi connectivity index (χ1v) is 11.9. The predicted octanol–water partition coefficient (Wildman–Crippen LogP) is 5.10. The summed E-state index contributed by atoms with van der Waals surface area (Å²) < 4.78 is 11.3. The van der Waals surface area contributed by atoms with Crippen LogP contribution in [-0.2, 0) is 13.1 Å². The zero-order valence-corrected chi connectivity index (χ0v) is 21.3. The van der Waals surface area contributed by atoms with Gasteiger partial charge in [-0.2, -0.15) is 0 Å². The highest BCUT2D eigenvalue weighted by Crippen LogP contribution is 2.40. The number of halogens is 1. The van der Waals surface area contributed by atoms with E-state index in [0.29, 0.717) is 12.5 Å². The minimum Gasteiger partial charge on any atom is -0.497 e. The van der Waals surface area contributed by atoms with Crippen LogP contribution in [-0.4, -0.2) is 35.1 Å². The molecule has 3 heterocycles. The zero-order chi connectivity index (χ0) is 24.2. The molecular formula is C28H31ClN4O3. The number of rotatable bonds is 8. The summed E-state index contributed by atoms with van der Waals surface area (Å²) in [6.45, 7) is 4.97. The van der Waals surface area contributed by atoms with Crippen LogP contribution < -0.4 is 15.6 Å². The Labute approximate surface area is 216 Å². The van der Waals surface area contributed by atoms with Crippen LogP contribution in [0.2, 0.25) is 0 Å². The van der Waals surface area contributed by atoms with Gasteiger partial charge in [-0.15, -0.1) is 12.4 Å². The minimum atomic E-state index is -0.168. The molecule has 1 aliphatic rings. The lowest BCUT2D eigenvalue weighted by Gasteiger charge is -2.17. The van der Waals surface area contributed by atoms with Gasteiger partial charge >= 0.3 is 0 Å². The van der Waals surface area contributed by atoms with Crippen molar-refractivity contribution in [3.8, 4) is 5.75 Å². The van der Waals surface area contributed by atoms with E-state index < -0.39 is 0 Å². The third-order valence-corrected chi connectivity index (χ3v) is 6.51. The number of methoxy groups -OCH3 is 1. The quantitative estimate of drug-likeness (QED) is 0.346. The highest BCUT2D eigenvalue weighted by molar-refractivity contribution is 5.85. The van der Waals surface area contributed by atoms with Gasteiger partial charge in [0.25, 0.3) is 5.56 Å². The Bertz CT molecular complexity index is 1340. The van der Waals surface area contributed by atoms with Gasteiger partial charge in [-0.05, 0) is 42.3 Å². The molecule has 7 nitrogen and oxygen atoms in total. The van der Waals surface area contributed by atoms with Gasteiger partial charge in [-0.3, -0.25) is 14.7 Å². The monoisotopic (exact) mass is 506 g/mol. The van der Waals surface area contributed by atoms with Crippen molar-refractivity contribution >= 4 is 18.4 Å². The van der Waals surface area contributed by atoms with E-state index in [1.165, 1.54) is 5.56 Å². The van der Waals surface area contributed by atoms with Crippen molar-refractivity contribution in [2.75, 3.05) is 25.5 Å². The lowest BCUT2D eigenvalue weighted by molar-refractivity contribution is 0.319. The molecule has 8 heteroatoms. The van der Waals surface area contributed by atoms with Crippen LogP contribution in [0.3, 0.4) is 0 Å². The molecule has 0 spiro atoms. The molecule has 0 radical (unpaired) electrons. The maximum absolute atomic E-state index is 12.6. The first kappa shape index (κ1) is 25.5. The smallest absolute Gasteiger partial charge is 0.252 e. The molecule has 2 aromatic carbocycles. The van der Waals surface area contributed by atoms with Gasteiger partial charge in [0.15, 0.2) is 0 Å². The molecule has 0 aliphatic carbocycles. The van der Waals surface area contributed by atoms with E-state index in [9.17, 15) is 4.79 Å². The van der Waals surface area contributed by atoms with Gasteiger partial charge in [0.2, 0.25) is 5.95 Å². The Morgan fingerprint density at radius 1 is 1.03 bits per heavy atom. The lowest BCUT2D eigenvalue weighted by Crippen LogP contribution is -2.21. The first-order chi connectivity index (χ1) is 17.1. The molecule has 188 valence electrons. The van der Waals surface area contributed by atoms with Crippen LogP contribution in [0.25, 0.3) is 0 Å². The lowest BCUT2D eigenvalue weighted by atomic mass is 9.90. The van der Waals surface area contributed by atoms with Crippen molar-refractivity contribution in [2.24, 2.45) is 0 Å². The Balaban J connectivity index is 0.00000304. The second-order valence-corrected chi connectivity index (χ2v) is 9.07. The summed E-state index contributed by atoms with van der Waals surface area (Å²) in [5.74, 6) is 3.25. The summed E-state index contributed by atoms with van der Waals surface area (Å²) in [4.78, 5) is 22.7. The minimum absolute atomic E-state index is 0. The van der Waals surface area contributed by atoms with Crippen LogP contribution in [0, 0.1) is 6.92 Å². The van der Waals surface area contributed by atoms with Crippen LogP contribution in [0.4, 0.5) is 5.95 Å². The van der Waals surface area contributed by atoms with Crippen LogP contribution in [0.5, 0.6) is 5.75 Å². The van der Waals surface area contributed by atoms with E-state index >= 15 is 0 Å². The van der Waals surface area contributed by atoms with E-state index in [2.05, 4.69) is 39.5 Å². The van der Waals surface area contributed by atoms with Gasteiger partial charge in [0.05, 0.1) is 12.8 Å². The molecule has 36 heavy (non-hydrogen) atoms. The van der Waals surface area contributed by atoms with Gasteiger partial charge < -0.3 is 14.5 Å². The van der Waals surface area contributed by atoms with Crippen LogP contribution in [0.15, 0.2) is 82.0 Å². The fourth-order valence-corrected chi connectivity index (χ4v) is 4.81. The summed E-state index contributed by atoms with van der Waals surface area (Å²) >= 11 is 0. The summed E-state index contributed by atoms with van der Waals surface area (Å²) in [5.41, 5.74) is 2.91. The number of benzene rings is 2. The predicted molar refractivity (Wildman–Crippen MR) is 143 cm³/mol. The van der Waals surface area contributed by atoms with E-state index in [-0.39, 0.29) is 29.8 Å². The summed E-state index contributed by atoms with van der Waals surface area (Å²) in [6.07, 6.45) is 0. The Hall–Kier alpha value is -3.55. The molecule has 0 bridgehead atoms. The largest absolute Gasteiger partial charge is 0.497 e. The third-order valence-electron chi connectivity index (χ3n) is 6.51. The number of H-pyrrole nitrogens is 1. The SMILES string of the molecule is COc1cccc(CNc2nc(C3CN(Cc4ccccc4)CC3c3ccc(C)o3)cc(=O)[nH]2)c1.Cl. The molecular weight excluding hydrogens is 476 g/mol. The van der Waals surface area contributed by atoms with Crippen molar-refractivity contribution in [1.29, 1.82) is 0 Å². The highest BCUT2D eigenvalue weighted by Gasteiger charge is 2.38. The van der Waals surface area contributed by atoms with E-state index in [4.69, 9.17) is 14.1 Å². The number of nitrogens with one attached hydrogen (secondary N) is 2. The second kappa shape index (κ2) is 11.5. The van der Waals surface area contributed by atoms with Crippen molar-refractivity contribution in [1.82, 2.24) is 14.9 Å². The maximum Gasteiger partial charge on any atom is 0.252 e. The number of hydrogen-bond donors (Lipinski definition) is 2. The molecule has 2 unspecified atom stereocenters. The molecule has 0 amide bonds. The number of aromatic nitrogens is 2. The zero-order valence-electron chi connectivity index (χ0n) is 20.4. The summed E-state index contributed by atoms with van der Waals surface area (Å²) in [7, 11) is 1.65. The number of aryl methyl sites for hydroxylation is 1. The summed E-state index contributed by atoms with van der Waals surface area (Å²) in [5, 5.41) is 3.27. The Morgan fingerprint density at radius 3 is 2.56 bits per heavy atom. The fraction of sp³-hybridized carbons (Fsp3) is 0.286. The molecule has 1 aliphatic heterocycles. The standard InChI is InChI=1S/C28H30N4O3.ClH/c1-19-11-12-26(35-19)24-18-32(16-20-7-4-3-5-8-20)17-23(24)25-14-27(33)31-28(30-25)29-15-21-9-6-10-22(13-21)34-2;/h3-14,23-24H,15-18H2,1-2H3,(H2,29,30,31,33);1H. The molecule has 2 atom stereocenters. The summed E-state index contributed by atoms with van der Waals surface area (Å²) in [6, 6.07) is 23.9. The number of likely N-dealkylation sites (tertiary alicyclic amines) is 1. The normalized spacial score (nSPS) is 17.5. The van der Waals surface area contributed by atoms with Gasteiger partial charge in [-0.1, -0.05) is 42.5 Å². The number of anilines is 1. The van der Waals surface area contributed by atoms with Gasteiger partial charge in [0.1, 0.15) is 17.3 Å². The molecule has 4 aromatic rings. The number of aromatic amines is 1. The van der Waals surface area contributed by atoms with Crippen molar-refractivity contribution < 1.29 is 9.15 Å². The molecule has 1 fully saturated rings. The number of furan rings is 1. The number of nitrogens with zero attached hydrogens (tertiary/aromatic N) is 2. The highest BCUT2D eigenvalue weighted by atomic mass is 35.5. The molecule has 2 aromatic heterocycles. The van der Waals surface area contributed by atoms with Crippen molar-refractivity contribution in [3.05, 3.63) is 111 Å². The fourth-order valence-electron chi connectivity index (χ4n) is 4.81. The van der Waals surface area contributed by atoms with Crippen molar-refractivity contribution in [2.45, 2.75) is 31.8 Å². The van der Waals surface area contributed by atoms with Crippen LogP contribution >= 0.6 is 12.4 Å². The average Bonchev–Trinajstić information content (AvgIpc) is 3.49. The van der Waals surface area contributed by atoms with Crippen molar-refractivity contribution in [3.63, 3.8) is 0 Å². The topological polar surface area (TPSA) is 83.4 Å². The van der Waals surface area contributed by atoms with E-state index in [1.807, 2.05) is 49.4 Å². The number of hydrogen-bond acceptors (Lipinski definition) is 6. The van der Waals surface area contributed by atoms with Gasteiger partial charge in [0, 0.05) is 44.1 Å². The number of ether oxygens (including phenoxy) is 1. The molecule has 1 saturated heterocycles. The van der Waals surface area contributed by atoms with Crippen LogP contribution in [0.1, 0.15) is 40.2 Å². The first-order valence-electron chi connectivity index (χ1n) is 11.9. The molecule has 5 rings (SSSR count). The Kier molecular flexibility index (Phi) is 8.13. The molecule has 2 N–H and O–H groups in total. The third kappa shape index (κ3) is 5.98. The maximum atomic E-state index is 12.6. The second-order valence-electron chi connectivity index (χ2n) is 9.07. The van der Waals surface area contributed by atoms with E-state index in [1.54, 1.807) is 13.2 Å². The molecule has 0 saturated carbocycles. The van der Waals surface area contributed by atoms with E-state index in [0.717, 1.165) is 48.2 Å². The Morgan fingerprint density at radius 2 is 1.81 bits per heavy atom.